The van der Waals surface area contributed by atoms with Crippen LogP contribution in [0.2, 0.25) is 0 Å². The van der Waals surface area contributed by atoms with E-state index in [1.54, 1.807) is 0 Å². The maximum atomic E-state index is 3.79. The highest BCUT2D eigenvalue weighted by Gasteiger charge is 2.28. The monoisotopic (exact) mass is 296 g/mol. The lowest BCUT2D eigenvalue weighted by Gasteiger charge is -2.30. The third-order valence-corrected chi connectivity index (χ3v) is 4.85. The average Bonchev–Trinajstić information content (AvgIpc) is 2.86. The van der Waals surface area contributed by atoms with Crippen molar-refractivity contribution < 1.29 is 0 Å². The molecule has 0 radical (unpaired) electrons. The molecule has 0 aromatic rings. The van der Waals surface area contributed by atoms with Gasteiger partial charge in [0.1, 0.15) is 0 Å². The van der Waals surface area contributed by atoms with Crippen LogP contribution in [-0.2, 0) is 0 Å². The first-order valence-corrected chi connectivity index (χ1v) is 9.48. The van der Waals surface area contributed by atoms with Crippen molar-refractivity contribution in [2.75, 3.05) is 26.2 Å². The van der Waals surface area contributed by atoms with E-state index in [1.165, 1.54) is 64.7 Å². The maximum absolute atomic E-state index is 3.79. The third kappa shape index (κ3) is 8.21. The van der Waals surface area contributed by atoms with Gasteiger partial charge in [-0.3, -0.25) is 0 Å². The van der Waals surface area contributed by atoms with E-state index in [2.05, 4.69) is 44.8 Å². The van der Waals surface area contributed by atoms with E-state index in [1.807, 2.05) is 0 Å². The van der Waals surface area contributed by atoms with Gasteiger partial charge in [0.2, 0.25) is 0 Å². The summed E-state index contributed by atoms with van der Waals surface area (Å²) in [4.78, 5) is 2.76. The van der Waals surface area contributed by atoms with Gasteiger partial charge in [-0.1, -0.05) is 41.0 Å². The molecule has 0 bridgehead atoms. The molecule has 0 aromatic heterocycles. The summed E-state index contributed by atoms with van der Waals surface area (Å²) in [6.45, 7) is 16.8. The molecule has 0 aliphatic heterocycles. The van der Waals surface area contributed by atoms with Crippen LogP contribution in [0.3, 0.4) is 0 Å². The summed E-state index contributed by atoms with van der Waals surface area (Å²) in [6.07, 6.45) is 8.20. The van der Waals surface area contributed by atoms with Crippen molar-refractivity contribution in [3.8, 4) is 0 Å². The molecule has 1 aliphatic rings. The molecule has 21 heavy (non-hydrogen) atoms. The Kier molecular flexibility index (Phi) is 9.59. The first kappa shape index (κ1) is 19.0. The quantitative estimate of drug-likeness (QED) is 0.602. The lowest BCUT2D eigenvalue weighted by Crippen LogP contribution is -2.40. The number of nitrogens with zero attached hydrogens (tertiary/aromatic N) is 1. The van der Waals surface area contributed by atoms with Gasteiger partial charge < -0.3 is 10.2 Å². The Morgan fingerprint density at radius 3 is 2.14 bits per heavy atom. The van der Waals surface area contributed by atoms with Crippen molar-refractivity contribution in [1.29, 1.82) is 0 Å². The van der Waals surface area contributed by atoms with Crippen molar-refractivity contribution >= 4 is 0 Å². The number of rotatable bonds is 11. The zero-order chi connectivity index (χ0) is 15.7. The van der Waals surface area contributed by atoms with Gasteiger partial charge in [-0.2, -0.15) is 0 Å². The Balaban J connectivity index is 2.44. The van der Waals surface area contributed by atoms with Crippen molar-refractivity contribution in [1.82, 2.24) is 10.2 Å². The molecule has 0 amide bonds. The first-order chi connectivity index (χ1) is 10.0. The van der Waals surface area contributed by atoms with E-state index >= 15 is 0 Å². The number of hydrogen-bond acceptors (Lipinski definition) is 2. The fraction of sp³-hybridized carbons (Fsp3) is 1.00. The zero-order valence-corrected chi connectivity index (χ0v) is 15.3. The third-order valence-electron chi connectivity index (χ3n) is 4.85. The average molecular weight is 297 g/mol. The van der Waals surface area contributed by atoms with Crippen LogP contribution in [-0.4, -0.2) is 37.1 Å². The minimum Gasteiger partial charge on any atom is -0.314 e. The smallest absolute Gasteiger partial charge is 0.0107 e. The Morgan fingerprint density at radius 1 is 1.00 bits per heavy atom. The molecular weight excluding hydrogens is 256 g/mol. The van der Waals surface area contributed by atoms with Crippen LogP contribution in [0.4, 0.5) is 0 Å². The first-order valence-electron chi connectivity index (χ1n) is 9.48. The predicted octanol–water partition coefficient (Wildman–Crippen LogP) is 4.55. The van der Waals surface area contributed by atoms with E-state index < -0.39 is 0 Å². The molecule has 0 heterocycles. The molecule has 0 aromatic carbocycles. The highest BCUT2D eigenvalue weighted by Crippen LogP contribution is 2.27. The molecule has 0 spiro atoms. The van der Waals surface area contributed by atoms with Crippen LogP contribution < -0.4 is 5.32 Å². The summed E-state index contributed by atoms with van der Waals surface area (Å²) in [5, 5.41) is 3.79. The number of nitrogens with one attached hydrogen (secondary N) is 1. The summed E-state index contributed by atoms with van der Waals surface area (Å²) in [7, 11) is 0. The zero-order valence-electron chi connectivity index (χ0n) is 15.3. The van der Waals surface area contributed by atoms with Crippen LogP contribution in [0.1, 0.15) is 73.1 Å². The van der Waals surface area contributed by atoms with Gasteiger partial charge in [0.05, 0.1) is 0 Å². The largest absolute Gasteiger partial charge is 0.314 e. The highest BCUT2D eigenvalue weighted by molar-refractivity contribution is 4.85. The molecule has 2 unspecified atom stereocenters. The lowest BCUT2D eigenvalue weighted by atomic mass is 10.0. The van der Waals surface area contributed by atoms with Gasteiger partial charge >= 0.3 is 0 Å². The van der Waals surface area contributed by atoms with Crippen molar-refractivity contribution in [2.24, 2.45) is 17.8 Å². The summed E-state index contributed by atoms with van der Waals surface area (Å²) in [5.41, 5.74) is 0. The normalized spacial score (nSPS) is 22.9. The second-order valence-corrected chi connectivity index (χ2v) is 7.92. The fourth-order valence-corrected chi connectivity index (χ4v) is 3.36. The SMILES string of the molecule is CCCNC1CCCC1CN(CCC(C)C)CCC(C)C. The van der Waals surface area contributed by atoms with Gasteiger partial charge in [0.25, 0.3) is 0 Å². The molecule has 1 rings (SSSR count). The van der Waals surface area contributed by atoms with Crippen LogP contribution in [0.5, 0.6) is 0 Å². The van der Waals surface area contributed by atoms with Crippen molar-refractivity contribution in [2.45, 2.75) is 79.2 Å². The second-order valence-electron chi connectivity index (χ2n) is 7.92. The fourth-order valence-electron chi connectivity index (χ4n) is 3.36. The lowest BCUT2D eigenvalue weighted by molar-refractivity contribution is 0.195. The van der Waals surface area contributed by atoms with Crippen LogP contribution in [0.25, 0.3) is 0 Å². The summed E-state index contributed by atoms with van der Waals surface area (Å²) >= 11 is 0. The molecular formula is C19H40N2. The molecule has 1 fully saturated rings. The highest BCUT2D eigenvalue weighted by atomic mass is 15.1. The van der Waals surface area contributed by atoms with E-state index in [-0.39, 0.29) is 0 Å². The Labute approximate surface area is 134 Å². The van der Waals surface area contributed by atoms with Gasteiger partial charge in [-0.05, 0) is 69.5 Å². The summed E-state index contributed by atoms with van der Waals surface area (Å²) in [6, 6.07) is 0.783. The molecule has 2 heteroatoms. The van der Waals surface area contributed by atoms with Gasteiger partial charge in [-0.25, -0.2) is 0 Å². The second kappa shape index (κ2) is 10.6. The van der Waals surface area contributed by atoms with E-state index in [4.69, 9.17) is 0 Å². The van der Waals surface area contributed by atoms with E-state index in [9.17, 15) is 0 Å². The minimum absolute atomic E-state index is 0.783. The molecule has 1 N–H and O–H groups in total. The van der Waals surface area contributed by atoms with Gasteiger partial charge in [-0.15, -0.1) is 0 Å². The summed E-state index contributed by atoms with van der Waals surface area (Å²) < 4.78 is 0. The Morgan fingerprint density at radius 2 is 1.62 bits per heavy atom. The molecule has 126 valence electrons. The predicted molar refractivity (Wildman–Crippen MR) is 94.8 cm³/mol. The summed E-state index contributed by atoms with van der Waals surface area (Å²) in [5.74, 6) is 2.53. The van der Waals surface area contributed by atoms with Gasteiger partial charge in [0, 0.05) is 12.6 Å². The number of hydrogen-bond donors (Lipinski definition) is 1. The van der Waals surface area contributed by atoms with Gasteiger partial charge in [0.15, 0.2) is 0 Å². The molecule has 2 atom stereocenters. The van der Waals surface area contributed by atoms with Crippen molar-refractivity contribution in [3.05, 3.63) is 0 Å². The maximum Gasteiger partial charge on any atom is 0.0107 e. The molecule has 2 nitrogen and oxygen atoms in total. The minimum atomic E-state index is 0.783. The standard InChI is InChI=1S/C19H40N2/c1-6-12-20-19-9-7-8-18(19)15-21(13-10-16(2)3)14-11-17(4)5/h16-20H,6-15H2,1-5H3. The van der Waals surface area contributed by atoms with Crippen molar-refractivity contribution in [3.63, 3.8) is 0 Å². The Hall–Kier alpha value is -0.0800. The van der Waals surface area contributed by atoms with E-state index in [0.717, 1.165) is 23.8 Å². The molecule has 0 saturated heterocycles. The van der Waals surface area contributed by atoms with E-state index in [0.29, 0.717) is 0 Å². The molecule has 1 aliphatic carbocycles. The van der Waals surface area contributed by atoms with Crippen LogP contribution in [0, 0.1) is 17.8 Å². The molecule has 1 saturated carbocycles. The topological polar surface area (TPSA) is 15.3 Å². The Bertz CT molecular complexity index is 238. The van der Waals surface area contributed by atoms with Crippen LogP contribution >= 0.6 is 0 Å². The van der Waals surface area contributed by atoms with Crippen LogP contribution in [0.15, 0.2) is 0 Å².